The zero-order valence-electron chi connectivity index (χ0n) is 61.5. The molecule has 0 spiro atoms. The fourth-order valence-corrected chi connectivity index (χ4v) is 12.9. The molecule has 0 aromatic rings. The lowest BCUT2D eigenvalue weighted by atomic mass is 10.0. The highest BCUT2D eigenvalue weighted by Crippen LogP contribution is 2.43. The van der Waals surface area contributed by atoms with Gasteiger partial charge in [-0.3, -0.25) is 18.6 Å². The van der Waals surface area contributed by atoms with Crippen molar-refractivity contribution in [2.75, 3.05) is 26.4 Å². The van der Waals surface area contributed by atoms with E-state index in [1.165, 1.54) is 302 Å². The number of ether oxygens (including phenoxy) is 2. The molecule has 2 unspecified atom stereocenters. The predicted octanol–water partition coefficient (Wildman–Crippen LogP) is 27.1. The van der Waals surface area contributed by atoms with Crippen molar-refractivity contribution < 1.29 is 37.6 Å². The van der Waals surface area contributed by atoms with E-state index in [9.17, 15) is 19.0 Å². The molecule has 93 heavy (non-hydrogen) atoms. The Morgan fingerprint density at radius 3 is 0.882 bits per heavy atom. The molecule has 0 amide bonds. The number of hydrogen-bond donors (Lipinski definition) is 2. The molecule has 544 valence electrons. The standard InChI is InChI=1S/C83H154NO8P/c1-3-5-7-9-11-13-15-17-19-21-23-25-27-29-31-33-35-37-39-40-42-43-45-47-49-51-53-55-57-59-61-63-65-67-69-71-73-75-82(85)89-79-81(80-91-93(87,88)90-78-77-84)92-83(86)76-74-72-70-68-66-64-62-60-58-56-54-52-50-48-46-44-41-38-36-34-32-30-28-26-24-22-20-18-16-14-12-10-8-6-4-2/h6,8,12,14,18,20,24,26,30,32,36,38,81H,3-5,7,9-11,13,15-17,19,21-23,25,27-29,31,33-35,37,39-80,84H2,1-2H3,(H,87,88)/b8-6-,14-12-,20-18-,26-24-,32-30-,38-36-. The lowest BCUT2D eigenvalue weighted by Crippen LogP contribution is -2.29. The molecular formula is C83H154NO8P. The summed E-state index contributed by atoms with van der Waals surface area (Å²) in [6.07, 6.45) is 105. The highest BCUT2D eigenvalue weighted by atomic mass is 31.2. The number of hydrogen-bond acceptors (Lipinski definition) is 8. The van der Waals surface area contributed by atoms with Gasteiger partial charge < -0.3 is 20.1 Å². The van der Waals surface area contributed by atoms with Crippen LogP contribution in [0.2, 0.25) is 0 Å². The van der Waals surface area contributed by atoms with Crippen molar-refractivity contribution in [2.24, 2.45) is 5.73 Å². The molecule has 0 heterocycles. The number of allylic oxidation sites excluding steroid dienone is 12. The second kappa shape index (κ2) is 78.4. The van der Waals surface area contributed by atoms with Crippen LogP contribution in [0.15, 0.2) is 72.9 Å². The molecule has 0 aliphatic heterocycles. The van der Waals surface area contributed by atoms with Gasteiger partial charge in [-0.2, -0.15) is 0 Å². The van der Waals surface area contributed by atoms with Gasteiger partial charge in [0.25, 0.3) is 0 Å². The van der Waals surface area contributed by atoms with Gasteiger partial charge in [0.1, 0.15) is 6.61 Å². The number of esters is 2. The Bertz CT molecular complexity index is 1760. The van der Waals surface area contributed by atoms with Crippen LogP contribution in [0.3, 0.4) is 0 Å². The van der Waals surface area contributed by atoms with Gasteiger partial charge >= 0.3 is 19.8 Å². The maximum atomic E-state index is 12.8. The molecule has 0 radical (unpaired) electrons. The van der Waals surface area contributed by atoms with E-state index < -0.39 is 26.5 Å². The molecule has 0 bridgehead atoms. The summed E-state index contributed by atoms with van der Waals surface area (Å²) in [5.41, 5.74) is 5.42. The molecule has 0 fully saturated rings. The molecular weight excluding hydrogens is 1170 g/mol. The smallest absolute Gasteiger partial charge is 0.462 e. The minimum atomic E-state index is -4.40. The van der Waals surface area contributed by atoms with E-state index in [4.69, 9.17) is 24.3 Å². The van der Waals surface area contributed by atoms with Crippen LogP contribution in [0.1, 0.15) is 412 Å². The first-order chi connectivity index (χ1) is 45.8. The van der Waals surface area contributed by atoms with Crippen molar-refractivity contribution in [1.29, 1.82) is 0 Å². The van der Waals surface area contributed by atoms with Gasteiger partial charge in [-0.05, 0) is 64.2 Å². The third-order valence-corrected chi connectivity index (χ3v) is 19.1. The normalized spacial score (nSPS) is 13.2. The summed E-state index contributed by atoms with van der Waals surface area (Å²) in [4.78, 5) is 35.5. The fraction of sp³-hybridized carbons (Fsp3) is 0.831. The number of nitrogens with two attached hydrogens (primary N) is 1. The molecule has 0 saturated heterocycles. The van der Waals surface area contributed by atoms with Crippen molar-refractivity contribution in [3.05, 3.63) is 72.9 Å². The molecule has 2 atom stereocenters. The second-order valence-electron chi connectivity index (χ2n) is 27.3. The molecule has 0 rings (SSSR count). The highest BCUT2D eigenvalue weighted by Gasteiger charge is 2.26. The first-order valence-corrected chi connectivity index (χ1v) is 41.9. The Balaban J connectivity index is 3.77. The monoisotopic (exact) mass is 1320 g/mol. The number of carbonyl (C=O) groups excluding carboxylic acids is 2. The third-order valence-electron chi connectivity index (χ3n) is 18.1. The molecule has 10 heteroatoms. The lowest BCUT2D eigenvalue weighted by Gasteiger charge is -2.19. The first-order valence-electron chi connectivity index (χ1n) is 40.4. The Labute approximate surface area is 577 Å². The number of unbranched alkanes of at least 4 members (excludes halogenated alkanes) is 52. The maximum Gasteiger partial charge on any atom is 0.472 e. The lowest BCUT2D eigenvalue weighted by molar-refractivity contribution is -0.161. The Morgan fingerprint density at radius 2 is 0.591 bits per heavy atom. The van der Waals surface area contributed by atoms with E-state index >= 15 is 0 Å². The van der Waals surface area contributed by atoms with Gasteiger partial charge in [0.05, 0.1) is 13.2 Å². The Kier molecular flexibility index (Phi) is 76.3. The van der Waals surface area contributed by atoms with Crippen molar-refractivity contribution in [3.8, 4) is 0 Å². The molecule has 3 N–H and O–H groups in total. The summed E-state index contributed by atoms with van der Waals surface area (Å²) in [6, 6.07) is 0. The number of carbonyl (C=O) groups is 2. The van der Waals surface area contributed by atoms with Crippen LogP contribution in [-0.2, 0) is 32.7 Å². The predicted molar refractivity (Wildman–Crippen MR) is 404 cm³/mol. The van der Waals surface area contributed by atoms with E-state index in [0.717, 1.165) is 77.0 Å². The zero-order chi connectivity index (χ0) is 67.2. The molecule has 0 saturated carbocycles. The molecule has 9 nitrogen and oxygen atoms in total. The van der Waals surface area contributed by atoms with E-state index in [1.807, 2.05) is 0 Å². The van der Waals surface area contributed by atoms with Crippen molar-refractivity contribution in [1.82, 2.24) is 0 Å². The summed E-state index contributed by atoms with van der Waals surface area (Å²) in [5.74, 6) is -0.807. The fourth-order valence-electron chi connectivity index (χ4n) is 12.2. The first kappa shape index (κ1) is 90.5. The number of phosphoric acid groups is 1. The summed E-state index contributed by atoms with van der Waals surface area (Å²) < 4.78 is 33.3. The highest BCUT2D eigenvalue weighted by molar-refractivity contribution is 7.47. The van der Waals surface area contributed by atoms with Crippen molar-refractivity contribution >= 4 is 19.8 Å². The average molecular weight is 1330 g/mol. The number of phosphoric ester groups is 1. The van der Waals surface area contributed by atoms with E-state index in [-0.39, 0.29) is 38.6 Å². The zero-order valence-corrected chi connectivity index (χ0v) is 62.4. The SMILES string of the molecule is CC/C=C\C/C=C\C/C=C\C/C=C\C/C=C\C/C=C\CCCCCCCCCCCCCCCCCCC(=O)OC(COC(=O)CCCCCCCCCCCCCCCCCCCCCCCCCCCCCCCCCCCCCCC)COP(=O)(O)OCCN. The van der Waals surface area contributed by atoms with Crippen LogP contribution >= 0.6 is 7.82 Å². The Hall–Kier alpha value is -2.55. The summed E-state index contributed by atoms with van der Waals surface area (Å²) >= 11 is 0. The van der Waals surface area contributed by atoms with Crippen molar-refractivity contribution in [3.63, 3.8) is 0 Å². The van der Waals surface area contributed by atoms with Crippen LogP contribution in [0.25, 0.3) is 0 Å². The minimum Gasteiger partial charge on any atom is -0.462 e. The topological polar surface area (TPSA) is 134 Å². The Morgan fingerprint density at radius 1 is 0.333 bits per heavy atom. The summed E-state index contributed by atoms with van der Waals surface area (Å²) in [5, 5.41) is 0. The van der Waals surface area contributed by atoms with Crippen LogP contribution in [-0.4, -0.2) is 49.3 Å². The largest absolute Gasteiger partial charge is 0.472 e. The number of rotatable bonds is 77. The molecule has 0 aliphatic carbocycles. The van der Waals surface area contributed by atoms with Gasteiger partial charge in [-0.15, -0.1) is 0 Å². The van der Waals surface area contributed by atoms with Gasteiger partial charge in [0.2, 0.25) is 0 Å². The minimum absolute atomic E-state index is 0.0541. The molecule has 0 aromatic heterocycles. The quantitative estimate of drug-likeness (QED) is 0.0264. The van der Waals surface area contributed by atoms with Gasteiger partial charge in [0, 0.05) is 19.4 Å². The molecule has 0 aromatic carbocycles. The van der Waals surface area contributed by atoms with Crippen LogP contribution in [0.4, 0.5) is 0 Å². The summed E-state index contributed by atoms with van der Waals surface area (Å²) in [7, 11) is -4.40. The second-order valence-corrected chi connectivity index (χ2v) is 28.7. The molecule has 0 aliphatic rings. The maximum absolute atomic E-state index is 12.8. The van der Waals surface area contributed by atoms with Crippen LogP contribution < -0.4 is 5.73 Å². The van der Waals surface area contributed by atoms with E-state index in [2.05, 4.69) is 86.8 Å². The average Bonchev–Trinajstić information content (AvgIpc) is 3.70. The van der Waals surface area contributed by atoms with Crippen molar-refractivity contribution in [2.45, 2.75) is 418 Å². The van der Waals surface area contributed by atoms with Gasteiger partial charge in [-0.1, -0.05) is 408 Å². The van der Waals surface area contributed by atoms with Gasteiger partial charge in [0.15, 0.2) is 6.10 Å². The summed E-state index contributed by atoms with van der Waals surface area (Å²) in [6.45, 7) is 3.70. The van der Waals surface area contributed by atoms with E-state index in [1.54, 1.807) is 0 Å². The van der Waals surface area contributed by atoms with E-state index in [0.29, 0.717) is 6.42 Å². The van der Waals surface area contributed by atoms with Gasteiger partial charge in [-0.25, -0.2) is 4.57 Å². The van der Waals surface area contributed by atoms with Crippen LogP contribution in [0, 0.1) is 0 Å². The van der Waals surface area contributed by atoms with Crippen LogP contribution in [0.5, 0.6) is 0 Å². The third kappa shape index (κ3) is 78.3.